The van der Waals surface area contributed by atoms with E-state index in [9.17, 15) is 14.0 Å². The van der Waals surface area contributed by atoms with Crippen molar-refractivity contribution in [2.45, 2.75) is 19.4 Å². The van der Waals surface area contributed by atoms with Crippen LogP contribution in [0.4, 0.5) is 9.18 Å². The molecule has 0 spiro atoms. The lowest BCUT2D eigenvalue weighted by atomic mass is 10.1. The van der Waals surface area contributed by atoms with E-state index in [0.29, 0.717) is 25.3 Å². The van der Waals surface area contributed by atoms with Crippen molar-refractivity contribution < 1.29 is 14.0 Å². The number of hydrogen-bond acceptors (Lipinski definition) is 3. The Morgan fingerprint density at radius 1 is 1.20 bits per heavy atom. The molecule has 8 heteroatoms. The van der Waals surface area contributed by atoms with Gasteiger partial charge in [0.05, 0.1) is 0 Å². The highest BCUT2D eigenvalue weighted by atomic mass is 19.1. The zero-order valence-electron chi connectivity index (χ0n) is 14.3. The Morgan fingerprint density at radius 2 is 1.88 bits per heavy atom. The lowest BCUT2D eigenvalue weighted by molar-refractivity contribution is -0.118. The molecule has 0 aliphatic heterocycles. The number of urea groups is 1. The van der Waals surface area contributed by atoms with Gasteiger partial charge in [0.25, 0.3) is 0 Å². The van der Waals surface area contributed by atoms with Gasteiger partial charge in [-0.3, -0.25) is 4.79 Å². The van der Waals surface area contributed by atoms with Crippen LogP contribution in [0.5, 0.6) is 0 Å². The van der Waals surface area contributed by atoms with Crippen LogP contribution < -0.4 is 16.0 Å². The van der Waals surface area contributed by atoms with E-state index in [0.717, 1.165) is 5.56 Å². The van der Waals surface area contributed by atoms with Gasteiger partial charge < -0.3 is 20.5 Å². The number of imidazole rings is 1. The molecule has 0 fully saturated rings. The maximum absolute atomic E-state index is 13.2. The molecule has 0 aliphatic carbocycles. The first-order valence-electron chi connectivity index (χ1n) is 7.99. The van der Waals surface area contributed by atoms with E-state index in [1.807, 2.05) is 7.05 Å². The summed E-state index contributed by atoms with van der Waals surface area (Å²) in [6.45, 7) is 2.36. The largest absolute Gasteiger partial charge is 0.356 e. The normalized spacial score (nSPS) is 11.6. The molecule has 3 amide bonds. The second-order valence-electron chi connectivity index (χ2n) is 5.62. The number of nitrogens with zero attached hydrogens (tertiary/aromatic N) is 2. The Bertz CT molecular complexity index is 714. The molecular formula is C17H22FN5O2. The number of nitrogens with one attached hydrogen (secondary N) is 3. The van der Waals surface area contributed by atoms with E-state index in [-0.39, 0.29) is 17.8 Å². The fraction of sp³-hybridized carbons (Fsp3) is 0.353. The standard InChI is InChI=1S/C17H22FN5O2/c1-12(24)19-8-3-9-21-17(25)22-15(16-20-10-11-23(16)2)13-4-6-14(18)7-5-13/h4-7,10-11,15H,3,8-9H2,1-2H3,(H,19,24)(H2,21,22,25)/t15-/m1/s1. The van der Waals surface area contributed by atoms with Crippen molar-refractivity contribution in [1.29, 1.82) is 0 Å². The molecule has 25 heavy (non-hydrogen) atoms. The van der Waals surface area contributed by atoms with Crippen molar-refractivity contribution in [3.63, 3.8) is 0 Å². The van der Waals surface area contributed by atoms with Crippen LogP contribution in [-0.2, 0) is 11.8 Å². The second-order valence-corrected chi connectivity index (χ2v) is 5.62. The number of carbonyl (C=O) groups is 2. The molecular weight excluding hydrogens is 325 g/mol. The molecule has 0 unspecified atom stereocenters. The summed E-state index contributed by atoms with van der Waals surface area (Å²) in [5.41, 5.74) is 0.726. The van der Waals surface area contributed by atoms with Crippen molar-refractivity contribution in [1.82, 2.24) is 25.5 Å². The fourth-order valence-electron chi connectivity index (χ4n) is 2.34. The van der Waals surface area contributed by atoms with Gasteiger partial charge in [0, 0.05) is 39.5 Å². The Kier molecular flexibility index (Phi) is 6.50. The highest BCUT2D eigenvalue weighted by Crippen LogP contribution is 2.20. The third-order valence-corrected chi connectivity index (χ3v) is 3.61. The molecule has 0 saturated carbocycles. The zero-order valence-corrected chi connectivity index (χ0v) is 14.3. The van der Waals surface area contributed by atoms with Crippen molar-refractivity contribution >= 4 is 11.9 Å². The maximum atomic E-state index is 13.2. The highest BCUT2D eigenvalue weighted by Gasteiger charge is 2.20. The van der Waals surface area contributed by atoms with Gasteiger partial charge in [-0.25, -0.2) is 14.2 Å². The summed E-state index contributed by atoms with van der Waals surface area (Å²) in [4.78, 5) is 27.2. The van der Waals surface area contributed by atoms with Gasteiger partial charge in [0.15, 0.2) is 0 Å². The molecule has 2 aromatic rings. The summed E-state index contributed by atoms with van der Waals surface area (Å²) in [7, 11) is 1.83. The number of benzene rings is 1. The molecule has 2 rings (SSSR count). The first-order chi connectivity index (χ1) is 12.0. The summed E-state index contributed by atoms with van der Waals surface area (Å²) in [6, 6.07) is 5.06. The minimum absolute atomic E-state index is 0.101. The molecule has 1 aromatic heterocycles. The Labute approximate surface area is 145 Å². The third kappa shape index (κ3) is 5.59. The van der Waals surface area contributed by atoms with Crippen LogP contribution in [0.15, 0.2) is 36.7 Å². The van der Waals surface area contributed by atoms with Crippen molar-refractivity contribution in [2.24, 2.45) is 7.05 Å². The van der Waals surface area contributed by atoms with Gasteiger partial charge in [-0.1, -0.05) is 12.1 Å². The van der Waals surface area contributed by atoms with Crippen LogP contribution >= 0.6 is 0 Å². The monoisotopic (exact) mass is 347 g/mol. The van der Waals surface area contributed by atoms with Gasteiger partial charge in [0.2, 0.25) is 5.91 Å². The van der Waals surface area contributed by atoms with Gasteiger partial charge in [-0.2, -0.15) is 0 Å². The van der Waals surface area contributed by atoms with Crippen molar-refractivity contribution in [2.75, 3.05) is 13.1 Å². The first-order valence-corrected chi connectivity index (χ1v) is 7.99. The zero-order chi connectivity index (χ0) is 18.2. The maximum Gasteiger partial charge on any atom is 0.315 e. The van der Waals surface area contributed by atoms with Crippen LogP contribution in [0.3, 0.4) is 0 Å². The van der Waals surface area contributed by atoms with Gasteiger partial charge >= 0.3 is 6.03 Å². The highest BCUT2D eigenvalue weighted by molar-refractivity contribution is 5.75. The smallest absolute Gasteiger partial charge is 0.315 e. The quantitative estimate of drug-likeness (QED) is 0.663. The summed E-state index contributed by atoms with van der Waals surface area (Å²) < 4.78 is 15.0. The third-order valence-electron chi connectivity index (χ3n) is 3.61. The van der Waals surface area contributed by atoms with Gasteiger partial charge in [0.1, 0.15) is 17.7 Å². The molecule has 0 bridgehead atoms. The van der Waals surface area contributed by atoms with E-state index in [2.05, 4.69) is 20.9 Å². The molecule has 134 valence electrons. The minimum atomic E-state index is -0.504. The SMILES string of the molecule is CC(=O)NCCCNC(=O)N[C@H](c1ccc(F)cc1)c1nccn1C. The summed E-state index contributed by atoms with van der Waals surface area (Å²) in [5, 5.41) is 8.25. The Morgan fingerprint density at radius 3 is 2.48 bits per heavy atom. The first kappa shape index (κ1) is 18.4. The van der Waals surface area contributed by atoms with Gasteiger partial charge in [-0.15, -0.1) is 0 Å². The van der Waals surface area contributed by atoms with Crippen LogP contribution in [0.2, 0.25) is 0 Å². The predicted octanol–water partition coefficient (Wildman–Crippen LogP) is 1.47. The van der Waals surface area contributed by atoms with Crippen LogP contribution in [0, 0.1) is 5.82 Å². The van der Waals surface area contributed by atoms with Crippen molar-refractivity contribution in [3.05, 3.63) is 53.9 Å². The molecule has 0 radical (unpaired) electrons. The fourth-order valence-corrected chi connectivity index (χ4v) is 2.34. The average molecular weight is 347 g/mol. The van der Waals surface area contributed by atoms with Gasteiger partial charge in [-0.05, 0) is 24.1 Å². The average Bonchev–Trinajstić information content (AvgIpc) is 2.99. The number of carbonyl (C=O) groups excluding carboxylic acids is 2. The predicted molar refractivity (Wildman–Crippen MR) is 91.3 cm³/mol. The van der Waals surface area contributed by atoms with E-state index >= 15 is 0 Å². The van der Waals surface area contributed by atoms with E-state index < -0.39 is 6.04 Å². The molecule has 0 aliphatic rings. The van der Waals surface area contributed by atoms with E-state index in [1.165, 1.54) is 19.1 Å². The molecule has 3 N–H and O–H groups in total. The Hall–Kier alpha value is -2.90. The summed E-state index contributed by atoms with van der Waals surface area (Å²) in [5.74, 6) is 0.195. The van der Waals surface area contributed by atoms with E-state index in [4.69, 9.17) is 0 Å². The number of rotatable bonds is 7. The number of halogens is 1. The molecule has 1 atom stereocenters. The summed E-state index contributed by atoms with van der Waals surface area (Å²) in [6.07, 6.45) is 4.04. The minimum Gasteiger partial charge on any atom is -0.356 e. The van der Waals surface area contributed by atoms with Crippen LogP contribution in [-0.4, -0.2) is 34.6 Å². The van der Waals surface area contributed by atoms with E-state index in [1.54, 1.807) is 29.1 Å². The second kappa shape index (κ2) is 8.81. The number of hydrogen-bond donors (Lipinski definition) is 3. The lowest BCUT2D eigenvalue weighted by Crippen LogP contribution is -2.40. The number of aromatic nitrogens is 2. The lowest BCUT2D eigenvalue weighted by Gasteiger charge is -2.19. The topological polar surface area (TPSA) is 88.1 Å². The molecule has 7 nitrogen and oxygen atoms in total. The van der Waals surface area contributed by atoms with Crippen molar-refractivity contribution in [3.8, 4) is 0 Å². The number of amides is 3. The van der Waals surface area contributed by atoms with Crippen LogP contribution in [0.1, 0.15) is 30.8 Å². The summed E-state index contributed by atoms with van der Waals surface area (Å²) >= 11 is 0. The molecule has 1 aromatic carbocycles. The molecule has 0 saturated heterocycles. The molecule has 1 heterocycles. The van der Waals surface area contributed by atoms with Crippen LogP contribution in [0.25, 0.3) is 0 Å². The Balaban J connectivity index is 1.99. The number of aryl methyl sites for hydroxylation is 1.